The van der Waals surface area contributed by atoms with Crippen molar-refractivity contribution in [3.8, 4) is 0 Å². The van der Waals surface area contributed by atoms with Gasteiger partial charge in [0.05, 0.1) is 0 Å². The van der Waals surface area contributed by atoms with Gasteiger partial charge in [0.1, 0.15) is 0 Å². The van der Waals surface area contributed by atoms with Gasteiger partial charge in [-0.25, -0.2) is 0 Å². The number of hydrogen-bond acceptors (Lipinski definition) is 0. The van der Waals surface area contributed by atoms with Crippen LogP contribution in [0.15, 0.2) is 48.5 Å². The molecule has 90 valence electrons. The number of aromatic amines is 1. The number of H-pyrrole nitrogens is 1. The van der Waals surface area contributed by atoms with Crippen LogP contribution in [0.1, 0.15) is 22.4 Å². The minimum atomic E-state index is 1.00. The Kier molecular flexibility index (Phi) is 2.67. The van der Waals surface area contributed by atoms with Crippen LogP contribution in [0.5, 0.6) is 0 Å². The average Bonchev–Trinajstić information content (AvgIpc) is 2.67. The van der Waals surface area contributed by atoms with Gasteiger partial charge >= 0.3 is 0 Å². The maximum Gasteiger partial charge on any atom is 0.0458 e. The van der Waals surface area contributed by atoms with Gasteiger partial charge in [-0.05, 0) is 49.1 Å². The predicted octanol–water partition coefficient (Wildman–Crippen LogP) is 4.38. The zero-order valence-corrected chi connectivity index (χ0v) is 10.8. The molecule has 1 heterocycles. The lowest BCUT2D eigenvalue weighted by atomic mass is 10.0. The van der Waals surface area contributed by atoms with Crippen LogP contribution in [-0.4, -0.2) is 4.98 Å². The Bertz CT molecular complexity index is 677. The molecule has 0 spiro atoms. The molecule has 0 aliphatic heterocycles. The first kappa shape index (κ1) is 11.1. The topological polar surface area (TPSA) is 15.8 Å². The molecule has 1 N–H and O–H groups in total. The van der Waals surface area contributed by atoms with E-state index in [1.54, 1.807) is 0 Å². The van der Waals surface area contributed by atoms with E-state index < -0.39 is 0 Å². The van der Waals surface area contributed by atoms with E-state index in [0.717, 1.165) is 6.42 Å². The number of nitrogens with one attached hydrogen (secondary N) is 1. The summed E-state index contributed by atoms with van der Waals surface area (Å²) in [7, 11) is 0. The Labute approximate surface area is 107 Å². The van der Waals surface area contributed by atoms with Crippen molar-refractivity contribution < 1.29 is 0 Å². The smallest absolute Gasteiger partial charge is 0.0458 e. The summed E-state index contributed by atoms with van der Waals surface area (Å²) >= 11 is 0. The molecular weight excluding hydrogens is 218 g/mol. The lowest BCUT2D eigenvalue weighted by molar-refractivity contribution is 1.20. The van der Waals surface area contributed by atoms with Gasteiger partial charge in [-0.2, -0.15) is 0 Å². The Morgan fingerprint density at radius 2 is 1.67 bits per heavy atom. The van der Waals surface area contributed by atoms with Crippen LogP contribution in [0.4, 0.5) is 0 Å². The van der Waals surface area contributed by atoms with Gasteiger partial charge < -0.3 is 4.98 Å². The van der Waals surface area contributed by atoms with Gasteiger partial charge in [-0.3, -0.25) is 0 Å². The number of hydrogen-bond donors (Lipinski definition) is 1. The van der Waals surface area contributed by atoms with Crippen LogP contribution >= 0.6 is 0 Å². The van der Waals surface area contributed by atoms with E-state index in [-0.39, 0.29) is 0 Å². The second-order valence-electron chi connectivity index (χ2n) is 4.92. The van der Waals surface area contributed by atoms with E-state index in [0.29, 0.717) is 0 Å². The fraction of sp³-hybridized carbons (Fsp3) is 0.176. The first-order valence-electron chi connectivity index (χ1n) is 6.36. The van der Waals surface area contributed by atoms with Gasteiger partial charge in [0.15, 0.2) is 0 Å². The fourth-order valence-corrected chi connectivity index (χ4v) is 2.45. The molecule has 0 bridgehead atoms. The molecule has 1 aromatic heterocycles. The van der Waals surface area contributed by atoms with E-state index in [2.05, 4.69) is 67.4 Å². The SMILES string of the molecule is Cc1[nH]c2ccc(Cc3ccccc3)cc2c1C. The van der Waals surface area contributed by atoms with Crippen LogP contribution in [0.25, 0.3) is 10.9 Å². The number of fused-ring (bicyclic) bond motifs is 1. The highest BCUT2D eigenvalue weighted by Crippen LogP contribution is 2.23. The van der Waals surface area contributed by atoms with Gasteiger partial charge in [0.2, 0.25) is 0 Å². The lowest BCUT2D eigenvalue weighted by Crippen LogP contribution is -1.87. The summed E-state index contributed by atoms with van der Waals surface area (Å²) in [5.41, 5.74) is 6.60. The molecule has 2 aromatic carbocycles. The molecule has 1 nitrogen and oxygen atoms in total. The van der Waals surface area contributed by atoms with Gasteiger partial charge in [-0.15, -0.1) is 0 Å². The highest BCUT2D eigenvalue weighted by Gasteiger charge is 2.05. The third kappa shape index (κ3) is 1.92. The summed E-state index contributed by atoms with van der Waals surface area (Å²) in [6.45, 7) is 4.31. The predicted molar refractivity (Wildman–Crippen MR) is 77.0 cm³/mol. The van der Waals surface area contributed by atoms with E-state index >= 15 is 0 Å². The summed E-state index contributed by atoms with van der Waals surface area (Å²) in [6, 6.07) is 17.3. The minimum Gasteiger partial charge on any atom is -0.358 e. The third-order valence-electron chi connectivity index (χ3n) is 3.62. The van der Waals surface area contributed by atoms with Crippen LogP contribution in [0, 0.1) is 13.8 Å². The first-order valence-corrected chi connectivity index (χ1v) is 6.36. The van der Waals surface area contributed by atoms with Crippen LogP contribution in [0.2, 0.25) is 0 Å². The Morgan fingerprint density at radius 1 is 0.889 bits per heavy atom. The van der Waals surface area contributed by atoms with Crippen molar-refractivity contribution in [3.63, 3.8) is 0 Å². The Morgan fingerprint density at radius 3 is 2.44 bits per heavy atom. The number of benzene rings is 2. The molecule has 0 amide bonds. The van der Waals surface area contributed by atoms with Crippen molar-refractivity contribution in [2.24, 2.45) is 0 Å². The maximum absolute atomic E-state index is 3.42. The maximum atomic E-state index is 3.42. The Balaban J connectivity index is 2.01. The van der Waals surface area contributed by atoms with E-state index in [9.17, 15) is 0 Å². The molecule has 0 atom stereocenters. The largest absolute Gasteiger partial charge is 0.358 e. The van der Waals surface area contributed by atoms with E-state index in [1.807, 2.05) is 0 Å². The van der Waals surface area contributed by atoms with Crippen molar-refractivity contribution >= 4 is 10.9 Å². The van der Waals surface area contributed by atoms with Crippen LogP contribution in [-0.2, 0) is 6.42 Å². The standard InChI is InChI=1S/C17H17N/c1-12-13(2)18-17-9-8-15(11-16(12)17)10-14-6-4-3-5-7-14/h3-9,11,18H,10H2,1-2H3. The van der Waals surface area contributed by atoms with Crippen molar-refractivity contribution in [3.05, 3.63) is 70.9 Å². The fourth-order valence-electron chi connectivity index (χ4n) is 2.45. The first-order chi connectivity index (χ1) is 8.74. The molecule has 0 fully saturated rings. The molecule has 0 radical (unpaired) electrons. The zero-order chi connectivity index (χ0) is 12.5. The van der Waals surface area contributed by atoms with Crippen molar-refractivity contribution in [2.75, 3.05) is 0 Å². The highest BCUT2D eigenvalue weighted by atomic mass is 14.7. The average molecular weight is 235 g/mol. The molecule has 0 unspecified atom stereocenters. The Hall–Kier alpha value is -2.02. The van der Waals surface area contributed by atoms with E-state index in [1.165, 1.54) is 33.3 Å². The van der Waals surface area contributed by atoms with Gasteiger partial charge in [0.25, 0.3) is 0 Å². The number of aryl methyl sites for hydroxylation is 2. The molecular formula is C17H17N. The molecule has 3 aromatic rings. The molecule has 18 heavy (non-hydrogen) atoms. The number of aromatic nitrogens is 1. The quantitative estimate of drug-likeness (QED) is 0.678. The molecule has 0 aliphatic carbocycles. The molecule has 0 aliphatic rings. The minimum absolute atomic E-state index is 1.00. The second kappa shape index (κ2) is 4.34. The van der Waals surface area contributed by atoms with E-state index in [4.69, 9.17) is 0 Å². The molecule has 0 saturated carbocycles. The third-order valence-corrected chi connectivity index (χ3v) is 3.62. The molecule has 0 saturated heterocycles. The van der Waals surface area contributed by atoms with Crippen LogP contribution in [0.3, 0.4) is 0 Å². The van der Waals surface area contributed by atoms with Crippen molar-refractivity contribution in [2.45, 2.75) is 20.3 Å². The van der Waals surface area contributed by atoms with Crippen LogP contribution < -0.4 is 0 Å². The van der Waals surface area contributed by atoms with Gasteiger partial charge in [0, 0.05) is 16.6 Å². The zero-order valence-electron chi connectivity index (χ0n) is 10.8. The van der Waals surface area contributed by atoms with Gasteiger partial charge in [-0.1, -0.05) is 36.4 Å². The second-order valence-corrected chi connectivity index (χ2v) is 4.92. The summed E-state index contributed by atoms with van der Waals surface area (Å²) in [6.07, 6.45) is 1.00. The number of rotatable bonds is 2. The molecule has 1 heteroatoms. The summed E-state index contributed by atoms with van der Waals surface area (Å²) < 4.78 is 0. The lowest BCUT2D eigenvalue weighted by Gasteiger charge is -2.02. The van der Waals surface area contributed by atoms with Crippen molar-refractivity contribution in [1.82, 2.24) is 4.98 Å². The normalized spacial score (nSPS) is 11.0. The highest BCUT2D eigenvalue weighted by molar-refractivity contribution is 5.85. The summed E-state index contributed by atoms with van der Waals surface area (Å²) in [4.78, 5) is 3.42. The monoisotopic (exact) mass is 235 g/mol. The van der Waals surface area contributed by atoms with Crippen molar-refractivity contribution in [1.29, 1.82) is 0 Å². The summed E-state index contributed by atoms with van der Waals surface area (Å²) in [5, 5.41) is 1.35. The molecule has 3 rings (SSSR count). The summed E-state index contributed by atoms with van der Waals surface area (Å²) in [5.74, 6) is 0.